The lowest BCUT2D eigenvalue weighted by molar-refractivity contribution is 0.181. The summed E-state index contributed by atoms with van der Waals surface area (Å²) in [6.07, 6.45) is 3.06. The smallest absolute Gasteiger partial charge is 0.414 e. The molecule has 3 amide bonds. The zero-order chi connectivity index (χ0) is 23.4. The third-order valence-corrected chi connectivity index (χ3v) is 5.28. The molecule has 1 aliphatic rings. The Hall–Kier alpha value is -4.21. The molecule has 0 radical (unpaired) electrons. The van der Waals surface area contributed by atoms with Crippen LogP contribution >= 0.6 is 0 Å². The number of ether oxygens (including phenoxy) is 3. The minimum Gasteiger partial charge on any atom is -0.497 e. The Kier molecular flexibility index (Phi) is 6.34. The Balaban J connectivity index is 1.58. The summed E-state index contributed by atoms with van der Waals surface area (Å²) >= 11 is 0. The predicted octanol–water partition coefficient (Wildman–Crippen LogP) is 3.31. The average molecular weight is 451 g/mol. The first kappa shape index (κ1) is 22.0. The molecule has 0 aliphatic carbocycles. The molecule has 4 rings (SSSR count). The SMILES string of the molecule is COc1cc(OC)cc(C(NC(=O)Nc2cccc(N3CCOC3=O)c2)c2nccn2C)c1. The second kappa shape index (κ2) is 9.51. The van der Waals surface area contributed by atoms with E-state index >= 15 is 0 Å². The van der Waals surface area contributed by atoms with Gasteiger partial charge in [-0.25, -0.2) is 14.6 Å². The molecule has 1 saturated heterocycles. The van der Waals surface area contributed by atoms with E-state index in [9.17, 15) is 9.59 Å². The molecule has 0 bridgehead atoms. The number of nitrogens with zero attached hydrogens (tertiary/aromatic N) is 3. The quantitative estimate of drug-likeness (QED) is 0.571. The number of nitrogens with one attached hydrogen (secondary N) is 2. The van der Waals surface area contributed by atoms with Crippen molar-refractivity contribution in [2.24, 2.45) is 7.05 Å². The van der Waals surface area contributed by atoms with Gasteiger partial charge in [-0.15, -0.1) is 0 Å². The van der Waals surface area contributed by atoms with Crippen LogP contribution in [0.4, 0.5) is 21.0 Å². The molecular formula is C23H25N5O5. The molecule has 1 unspecified atom stereocenters. The van der Waals surface area contributed by atoms with Crippen molar-refractivity contribution in [3.05, 3.63) is 66.2 Å². The maximum atomic E-state index is 13.0. The molecule has 10 nitrogen and oxygen atoms in total. The fourth-order valence-electron chi connectivity index (χ4n) is 3.63. The summed E-state index contributed by atoms with van der Waals surface area (Å²) < 4.78 is 17.6. The number of aryl methyl sites for hydroxylation is 1. The first-order chi connectivity index (χ1) is 16.0. The Labute approximate surface area is 191 Å². The predicted molar refractivity (Wildman–Crippen MR) is 122 cm³/mol. The van der Waals surface area contributed by atoms with Crippen LogP contribution in [-0.2, 0) is 11.8 Å². The molecule has 0 saturated carbocycles. The number of anilines is 2. The molecule has 1 aliphatic heterocycles. The molecule has 0 spiro atoms. The Morgan fingerprint density at radius 1 is 1.15 bits per heavy atom. The van der Waals surface area contributed by atoms with Crippen molar-refractivity contribution < 1.29 is 23.8 Å². The zero-order valence-corrected chi connectivity index (χ0v) is 18.6. The highest BCUT2D eigenvalue weighted by atomic mass is 16.6. The van der Waals surface area contributed by atoms with Crippen LogP contribution in [-0.4, -0.2) is 49.0 Å². The summed E-state index contributed by atoms with van der Waals surface area (Å²) in [7, 11) is 4.99. The highest BCUT2D eigenvalue weighted by Gasteiger charge is 2.25. The number of cyclic esters (lactones) is 1. The minimum atomic E-state index is -0.578. The zero-order valence-electron chi connectivity index (χ0n) is 18.6. The fourth-order valence-corrected chi connectivity index (χ4v) is 3.63. The topological polar surface area (TPSA) is 107 Å². The molecule has 1 aromatic heterocycles. The number of hydrogen-bond acceptors (Lipinski definition) is 6. The van der Waals surface area contributed by atoms with Gasteiger partial charge in [-0.3, -0.25) is 4.90 Å². The van der Waals surface area contributed by atoms with Crippen molar-refractivity contribution in [1.82, 2.24) is 14.9 Å². The monoisotopic (exact) mass is 451 g/mol. The van der Waals surface area contributed by atoms with Gasteiger partial charge in [0.05, 0.1) is 20.8 Å². The van der Waals surface area contributed by atoms with Crippen LogP contribution in [0.15, 0.2) is 54.9 Å². The molecule has 172 valence electrons. The van der Waals surface area contributed by atoms with Gasteiger partial charge in [0, 0.05) is 36.9 Å². The standard InChI is InChI=1S/C23H25N5O5/c1-27-8-7-24-21(27)20(15-11-18(31-2)14-19(12-15)32-3)26-22(29)25-16-5-4-6-17(13-16)28-9-10-33-23(28)30/h4-8,11-14,20H,9-10H2,1-3H3,(H2,25,26,29). The number of methoxy groups -OCH3 is 2. The number of carbonyl (C=O) groups is 2. The summed E-state index contributed by atoms with van der Waals surface area (Å²) in [5, 5.41) is 5.81. The van der Waals surface area contributed by atoms with Gasteiger partial charge in [0.1, 0.15) is 30.0 Å². The van der Waals surface area contributed by atoms with Gasteiger partial charge in [-0.05, 0) is 35.9 Å². The van der Waals surface area contributed by atoms with Crippen LogP contribution in [0.5, 0.6) is 11.5 Å². The number of imidazole rings is 1. The third kappa shape index (κ3) is 4.84. The number of urea groups is 1. The van der Waals surface area contributed by atoms with Gasteiger partial charge < -0.3 is 29.4 Å². The van der Waals surface area contributed by atoms with Gasteiger partial charge in [0.25, 0.3) is 0 Å². The molecule has 1 atom stereocenters. The Morgan fingerprint density at radius 3 is 2.52 bits per heavy atom. The van der Waals surface area contributed by atoms with E-state index < -0.39 is 18.2 Å². The van der Waals surface area contributed by atoms with Crippen molar-refractivity contribution in [3.8, 4) is 11.5 Å². The molecular weight excluding hydrogens is 426 g/mol. The molecule has 33 heavy (non-hydrogen) atoms. The van der Waals surface area contributed by atoms with E-state index in [0.717, 1.165) is 5.56 Å². The van der Waals surface area contributed by atoms with Gasteiger partial charge in [-0.2, -0.15) is 0 Å². The normalized spacial score (nSPS) is 13.9. The fraction of sp³-hybridized carbons (Fsp3) is 0.261. The molecule has 2 N–H and O–H groups in total. The summed E-state index contributed by atoms with van der Waals surface area (Å²) in [5.74, 6) is 1.82. The van der Waals surface area contributed by atoms with E-state index in [4.69, 9.17) is 14.2 Å². The lowest BCUT2D eigenvalue weighted by Crippen LogP contribution is -2.34. The second-order valence-corrected chi connectivity index (χ2v) is 7.39. The van der Waals surface area contributed by atoms with Gasteiger partial charge in [0.15, 0.2) is 0 Å². The molecule has 2 heterocycles. The molecule has 10 heteroatoms. The maximum absolute atomic E-state index is 13.0. The Morgan fingerprint density at radius 2 is 1.91 bits per heavy atom. The number of rotatable bonds is 7. The van der Waals surface area contributed by atoms with E-state index in [-0.39, 0.29) is 0 Å². The maximum Gasteiger partial charge on any atom is 0.414 e. The highest BCUT2D eigenvalue weighted by Crippen LogP contribution is 2.30. The van der Waals surface area contributed by atoms with Gasteiger partial charge in [-0.1, -0.05) is 6.07 Å². The lowest BCUT2D eigenvalue weighted by Gasteiger charge is -2.21. The number of aromatic nitrogens is 2. The van der Waals surface area contributed by atoms with Crippen LogP contribution in [0.2, 0.25) is 0 Å². The van der Waals surface area contributed by atoms with Crippen LogP contribution in [0.3, 0.4) is 0 Å². The molecule has 2 aromatic carbocycles. The Bertz CT molecular complexity index is 1140. The average Bonchev–Trinajstić information content (AvgIpc) is 3.45. The van der Waals surface area contributed by atoms with E-state index in [0.29, 0.717) is 41.8 Å². The van der Waals surface area contributed by atoms with Crippen LogP contribution < -0.4 is 25.0 Å². The van der Waals surface area contributed by atoms with Crippen LogP contribution in [0.25, 0.3) is 0 Å². The molecule has 1 fully saturated rings. The number of benzene rings is 2. The second-order valence-electron chi connectivity index (χ2n) is 7.39. The van der Waals surface area contributed by atoms with Crippen molar-refractivity contribution in [2.45, 2.75) is 6.04 Å². The third-order valence-electron chi connectivity index (χ3n) is 5.28. The largest absolute Gasteiger partial charge is 0.497 e. The number of amides is 3. The first-order valence-corrected chi connectivity index (χ1v) is 10.3. The van der Waals surface area contributed by atoms with Crippen molar-refractivity contribution >= 4 is 23.5 Å². The van der Waals surface area contributed by atoms with Crippen LogP contribution in [0.1, 0.15) is 17.4 Å². The molecule has 3 aromatic rings. The van der Waals surface area contributed by atoms with Crippen molar-refractivity contribution in [2.75, 3.05) is 37.6 Å². The minimum absolute atomic E-state index is 0.340. The van der Waals surface area contributed by atoms with Crippen LogP contribution in [0, 0.1) is 0 Å². The number of hydrogen-bond donors (Lipinski definition) is 2. The van der Waals surface area contributed by atoms with Gasteiger partial charge in [0.2, 0.25) is 0 Å². The van der Waals surface area contributed by atoms with Gasteiger partial charge >= 0.3 is 12.1 Å². The summed E-state index contributed by atoms with van der Waals surface area (Å²) in [5.41, 5.74) is 1.92. The van der Waals surface area contributed by atoms with Crippen molar-refractivity contribution in [1.29, 1.82) is 0 Å². The van der Waals surface area contributed by atoms with E-state index in [1.165, 1.54) is 4.90 Å². The number of carbonyl (C=O) groups excluding carboxylic acids is 2. The lowest BCUT2D eigenvalue weighted by atomic mass is 10.1. The summed E-state index contributed by atoms with van der Waals surface area (Å²) in [6, 6.07) is 11.4. The first-order valence-electron chi connectivity index (χ1n) is 10.3. The summed E-state index contributed by atoms with van der Waals surface area (Å²) in [4.78, 5) is 30.8. The highest BCUT2D eigenvalue weighted by molar-refractivity contribution is 5.93. The summed E-state index contributed by atoms with van der Waals surface area (Å²) in [6.45, 7) is 0.805. The van der Waals surface area contributed by atoms with E-state index in [1.807, 2.05) is 23.7 Å². The van der Waals surface area contributed by atoms with Crippen molar-refractivity contribution in [3.63, 3.8) is 0 Å². The van der Waals surface area contributed by atoms with E-state index in [2.05, 4.69) is 15.6 Å². The van der Waals surface area contributed by atoms with E-state index in [1.54, 1.807) is 56.9 Å².